The Morgan fingerprint density at radius 1 is 1.08 bits per heavy atom. The Bertz CT molecular complexity index is 1400. The second kappa shape index (κ2) is 10.6. The molecule has 194 valence electrons. The first-order valence-electron chi connectivity index (χ1n) is 12.9. The third kappa shape index (κ3) is 5.78. The van der Waals surface area contributed by atoms with Crippen LogP contribution in [0, 0.1) is 6.92 Å². The predicted molar refractivity (Wildman–Crippen MR) is 155 cm³/mol. The van der Waals surface area contributed by atoms with Gasteiger partial charge in [-0.05, 0) is 74.4 Å². The number of aromatic nitrogens is 3. The van der Waals surface area contributed by atoms with E-state index in [0.29, 0.717) is 29.0 Å². The minimum absolute atomic E-state index is 0. The normalized spacial score (nSPS) is 20.1. The Balaban J connectivity index is 0.00000280. The van der Waals surface area contributed by atoms with Crippen LogP contribution in [0.1, 0.15) is 49.3 Å². The van der Waals surface area contributed by atoms with Gasteiger partial charge in [0.1, 0.15) is 0 Å². The van der Waals surface area contributed by atoms with E-state index in [9.17, 15) is 0 Å². The molecule has 1 saturated carbocycles. The van der Waals surface area contributed by atoms with E-state index in [1.807, 2.05) is 6.20 Å². The molecule has 6 nitrogen and oxygen atoms in total. The number of hydrogen-bond donors (Lipinski definition) is 3. The number of piperazine rings is 1. The molecule has 3 heterocycles. The van der Waals surface area contributed by atoms with Gasteiger partial charge in [0.05, 0.1) is 16.9 Å². The minimum atomic E-state index is 0. The first-order chi connectivity index (χ1) is 17.4. The van der Waals surface area contributed by atoms with Crippen LogP contribution in [0.3, 0.4) is 0 Å². The molecule has 2 aliphatic rings. The molecule has 6 rings (SSSR count). The molecular formula is C29H34Cl2N6. The molecule has 0 amide bonds. The number of nitrogens with one attached hydrogen (secondary N) is 3. The van der Waals surface area contributed by atoms with Crippen molar-refractivity contribution in [1.29, 1.82) is 0 Å². The van der Waals surface area contributed by atoms with Crippen molar-refractivity contribution in [3.63, 3.8) is 0 Å². The lowest BCUT2D eigenvalue weighted by molar-refractivity contribution is 0.166. The Labute approximate surface area is 229 Å². The van der Waals surface area contributed by atoms with E-state index in [2.05, 4.69) is 82.7 Å². The summed E-state index contributed by atoms with van der Waals surface area (Å²) in [5, 5.41) is 8.76. The number of hydrogen-bond acceptors (Lipinski definition) is 5. The van der Waals surface area contributed by atoms with Gasteiger partial charge in [-0.25, -0.2) is 9.97 Å². The third-order valence-electron chi connectivity index (χ3n) is 7.20. The average Bonchev–Trinajstić information content (AvgIpc) is 3.60. The van der Waals surface area contributed by atoms with Gasteiger partial charge in [-0.2, -0.15) is 0 Å². The van der Waals surface area contributed by atoms with Crippen LogP contribution in [0.15, 0.2) is 48.8 Å². The summed E-state index contributed by atoms with van der Waals surface area (Å²) in [5.74, 6) is 1.22. The number of halogens is 2. The highest BCUT2D eigenvalue weighted by Gasteiger charge is 2.26. The number of H-pyrrole nitrogens is 1. The molecule has 2 aromatic carbocycles. The number of rotatable bonds is 6. The molecule has 0 bridgehead atoms. The van der Waals surface area contributed by atoms with E-state index in [-0.39, 0.29) is 12.4 Å². The van der Waals surface area contributed by atoms with Gasteiger partial charge in [0.25, 0.3) is 0 Å². The van der Waals surface area contributed by atoms with Gasteiger partial charge in [-0.1, -0.05) is 29.8 Å². The second-order valence-corrected chi connectivity index (χ2v) is 11.1. The first-order valence-corrected chi connectivity index (χ1v) is 13.3. The SMILES string of the molecule is Cc1ccc2c(-c3nc(Nc4cc(CN5C[C@@H](C)N[C@@H](C)C5)cc(C5CC5)c4)ncc3Cl)c[nH]c2c1.Cl. The van der Waals surface area contributed by atoms with Crippen LogP contribution in [0.4, 0.5) is 11.6 Å². The maximum absolute atomic E-state index is 6.58. The Hall–Kier alpha value is -2.64. The summed E-state index contributed by atoms with van der Waals surface area (Å²) < 4.78 is 0. The smallest absolute Gasteiger partial charge is 0.227 e. The van der Waals surface area contributed by atoms with E-state index in [1.165, 1.54) is 29.5 Å². The zero-order chi connectivity index (χ0) is 24.8. The second-order valence-electron chi connectivity index (χ2n) is 10.7. The number of nitrogens with zero attached hydrogens (tertiary/aromatic N) is 3. The molecule has 8 heteroatoms. The zero-order valence-corrected chi connectivity index (χ0v) is 23.1. The molecule has 2 aromatic heterocycles. The molecule has 1 aliphatic heterocycles. The van der Waals surface area contributed by atoms with E-state index in [0.717, 1.165) is 47.5 Å². The predicted octanol–water partition coefficient (Wildman–Crippen LogP) is 6.81. The van der Waals surface area contributed by atoms with Crippen molar-refractivity contribution >= 4 is 46.5 Å². The topological polar surface area (TPSA) is 68.9 Å². The summed E-state index contributed by atoms with van der Waals surface area (Å²) in [5.41, 5.74) is 7.78. The molecule has 3 N–H and O–H groups in total. The Morgan fingerprint density at radius 2 is 1.86 bits per heavy atom. The Morgan fingerprint density at radius 3 is 2.62 bits per heavy atom. The molecule has 1 saturated heterocycles. The summed E-state index contributed by atoms with van der Waals surface area (Å²) in [4.78, 5) is 15.3. The van der Waals surface area contributed by atoms with Crippen molar-refractivity contribution in [1.82, 2.24) is 25.2 Å². The lowest BCUT2D eigenvalue weighted by Crippen LogP contribution is -2.53. The van der Waals surface area contributed by atoms with Crippen molar-refractivity contribution in [2.24, 2.45) is 0 Å². The maximum Gasteiger partial charge on any atom is 0.227 e. The van der Waals surface area contributed by atoms with Crippen LogP contribution in [-0.4, -0.2) is 45.0 Å². The molecule has 37 heavy (non-hydrogen) atoms. The van der Waals surface area contributed by atoms with Crippen LogP contribution in [0.2, 0.25) is 5.02 Å². The standard InChI is InChI=1S/C29H33ClN6.ClH/c1-17-4-7-24-25(12-31-27(24)8-17)28-26(30)13-32-29(35-28)34-23-10-20(9-22(11-23)21-5-6-21)16-36-14-18(2)33-19(3)15-36;/h4,7-13,18-19,21,31,33H,5-6,14-16H2,1-3H3,(H,32,34,35);1H/t18-,19+;. The number of aromatic amines is 1. The summed E-state index contributed by atoms with van der Waals surface area (Å²) in [6, 6.07) is 14.3. The molecule has 0 unspecified atom stereocenters. The maximum atomic E-state index is 6.58. The van der Waals surface area contributed by atoms with Crippen molar-refractivity contribution in [3.8, 4) is 11.3 Å². The summed E-state index contributed by atoms with van der Waals surface area (Å²) in [6.45, 7) is 9.70. The van der Waals surface area contributed by atoms with Gasteiger partial charge in [0.2, 0.25) is 5.95 Å². The number of fused-ring (bicyclic) bond motifs is 1. The lowest BCUT2D eigenvalue weighted by atomic mass is 10.0. The molecule has 2 atom stereocenters. The molecular weight excluding hydrogens is 503 g/mol. The molecule has 2 fully saturated rings. The average molecular weight is 538 g/mol. The highest BCUT2D eigenvalue weighted by atomic mass is 35.5. The fraction of sp³-hybridized carbons (Fsp3) is 0.379. The number of aryl methyl sites for hydroxylation is 1. The quantitative estimate of drug-likeness (QED) is 0.252. The fourth-order valence-electron chi connectivity index (χ4n) is 5.54. The number of anilines is 2. The first kappa shape index (κ1) is 26.0. The largest absolute Gasteiger partial charge is 0.360 e. The third-order valence-corrected chi connectivity index (χ3v) is 7.47. The van der Waals surface area contributed by atoms with E-state index >= 15 is 0 Å². The van der Waals surface area contributed by atoms with Crippen LogP contribution in [0.5, 0.6) is 0 Å². The van der Waals surface area contributed by atoms with Crippen LogP contribution >= 0.6 is 24.0 Å². The summed E-state index contributed by atoms with van der Waals surface area (Å²) >= 11 is 6.58. The monoisotopic (exact) mass is 536 g/mol. The Kier molecular flexibility index (Phi) is 7.46. The lowest BCUT2D eigenvalue weighted by Gasteiger charge is -2.36. The molecule has 4 aromatic rings. The minimum Gasteiger partial charge on any atom is -0.360 e. The van der Waals surface area contributed by atoms with Crippen molar-refractivity contribution < 1.29 is 0 Å². The van der Waals surface area contributed by atoms with Gasteiger partial charge >= 0.3 is 0 Å². The molecule has 0 spiro atoms. The van der Waals surface area contributed by atoms with Gasteiger partial charge in [0, 0.05) is 60.1 Å². The van der Waals surface area contributed by atoms with E-state index < -0.39 is 0 Å². The number of benzene rings is 2. The summed E-state index contributed by atoms with van der Waals surface area (Å²) in [6.07, 6.45) is 6.20. The van der Waals surface area contributed by atoms with Gasteiger partial charge in [0.15, 0.2) is 0 Å². The van der Waals surface area contributed by atoms with Crippen molar-refractivity contribution in [2.75, 3.05) is 18.4 Å². The van der Waals surface area contributed by atoms with E-state index in [1.54, 1.807) is 6.20 Å². The zero-order valence-electron chi connectivity index (χ0n) is 21.5. The highest BCUT2D eigenvalue weighted by Crippen LogP contribution is 2.42. The van der Waals surface area contributed by atoms with Crippen LogP contribution in [0.25, 0.3) is 22.2 Å². The van der Waals surface area contributed by atoms with Crippen LogP contribution in [-0.2, 0) is 6.54 Å². The fourth-order valence-corrected chi connectivity index (χ4v) is 5.74. The van der Waals surface area contributed by atoms with E-state index in [4.69, 9.17) is 16.6 Å². The van der Waals surface area contributed by atoms with Crippen molar-refractivity contribution in [3.05, 3.63) is 70.5 Å². The molecule has 0 radical (unpaired) electrons. The van der Waals surface area contributed by atoms with Crippen molar-refractivity contribution in [2.45, 2.75) is 58.2 Å². The van der Waals surface area contributed by atoms with Gasteiger partial charge in [-0.15, -0.1) is 12.4 Å². The van der Waals surface area contributed by atoms with Gasteiger partial charge < -0.3 is 15.6 Å². The molecule has 1 aliphatic carbocycles. The van der Waals surface area contributed by atoms with Crippen LogP contribution < -0.4 is 10.6 Å². The van der Waals surface area contributed by atoms with Gasteiger partial charge in [-0.3, -0.25) is 4.90 Å². The highest BCUT2D eigenvalue weighted by molar-refractivity contribution is 6.33. The summed E-state index contributed by atoms with van der Waals surface area (Å²) in [7, 11) is 0.